The van der Waals surface area contributed by atoms with Gasteiger partial charge in [-0.1, -0.05) is 72.3 Å². The van der Waals surface area contributed by atoms with E-state index in [9.17, 15) is 15.3 Å². The van der Waals surface area contributed by atoms with Crippen LogP contribution < -0.4 is 0 Å². The fourth-order valence-corrected chi connectivity index (χ4v) is 6.21. The van der Waals surface area contributed by atoms with Crippen molar-refractivity contribution in [3.05, 3.63) is 36.0 Å². The molecule has 2 fully saturated rings. The average Bonchev–Trinajstić information content (AvgIpc) is 2.88. The van der Waals surface area contributed by atoms with Gasteiger partial charge in [0.15, 0.2) is 0 Å². The fourth-order valence-electron chi connectivity index (χ4n) is 6.21. The molecule has 0 heterocycles. The molecule has 2 aliphatic rings. The first-order valence-electron chi connectivity index (χ1n) is 12.8. The topological polar surface area (TPSA) is 60.7 Å². The minimum Gasteiger partial charge on any atom is -0.393 e. The van der Waals surface area contributed by atoms with Crippen LogP contribution in [0.1, 0.15) is 99.8 Å². The Morgan fingerprint density at radius 1 is 1.19 bits per heavy atom. The van der Waals surface area contributed by atoms with E-state index in [-0.39, 0.29) is 5.41 Å². The largest absolute Gasteiger partial charge is 0.393 e. The van der Waals surface area contributed by atoms with Crippen molar-refractivity contribution in [3.8, 4) is 0 Å². The lowest BCUT2D eigenvalue weighted by atomic mass is 9.58. The van der Waals surface area contributed by atoms with Crippen molar-refractivity contribution in [2.45, 2.75) is 118 Å². The maximum Gasteiger partial charge on any atom is 0.0811 e. The van der Waals surface area contributed by atoms with Crippen molar-refractivity contribution >= 4 is 0 Å². The van der Waals surface area contributed by atoms with Crippen LogP contribution in [0.4, 0.5) is 0 Å². The third kappa shape index (κ3) is 6.58. The van der Waals surface area contributed by atoms with Gasteiger partial charge < -0.3 is 15.3 Å². The molecular formula is C29H50O3. The van der Waals surface area contributed by atoms with Gasteiger partial charge in [0.05, 0.1) is 17.8 Å². The zero-order chi connectivity index (χ0) is 24.3. The number of aliphatic hydroxyl groups excluding tert-OH is 2. The molecule has 3 nitrogen and oxygen atoms in total. The molecule has 0 bridgehead atoms. The molecule has 0 aromatic rings. The molecule has 6 atom stereocenters. The molecule has 0 radical (unpaired) electrons. The van der Waals surface area contributed by atoms with E-state index in [0.29, 0.717) is 36.0 Å². The van der Waals surface area contributed by atoms with E-state index in [1.54, 1.807) is 0 Å². The van der Waals surface area contributed by atoms with Crippen LogP contribution in [-0.2, 0) is 0 Å². The van der Waals surface area contributed by atoms with Crippen LogP contribution in [0, 0.1) is 28.6 Å². The summed E-state index contributed by atoms with van der Waals surface area (Å²) in [5.74, 6) is 1.84. The standard InChI is InChI=1S/C29H50O3/c1-20(11-10-15-27(4,5)32)17-21(2)29(8)16-14-24(28(29,6)7)13-9-12-23-18-25(30)19-26(31)22(23)3/h9,12-13,20-21,24-26,30-32H,3,10-11,14-19H2,1-2,4-8H3/b13-9+,23-12-/t20?,21-,24-,25-,26+,29-/m1/s1. The Balaban J connectivity index is 1.99. The Hall–Kier alpha value is -0.900. The van der Waals surface area contributed by atoms with Gasteiger partial charge in [-0.15, -0.1) is 0 Å². The first kappa shape index (κ1) is 27.3. The predicted molar refractivity (Wildman–Crippen MR) is 135 cm³/mol. The number of hydrogen-bond acceptors (Lipinski definition) is 3. The van der Waals surface area contributed by atoms with Gasteiger partial charge in [-0.25, -0.2) is 0 Å². The van der Waals surface area contributed by atoms with Crippen molar-refractivity contribution in [2.24, 2.45) is 28.6 Å². The highest BCUT2D eigenvalue weighted by molar-refractivity contribution is 5.37. The lowest BCUT2D eigenvalue weighted by Gasteiger charge is -2.46. The van der Waals surface area contributed by atoms with E-state index in [1.807, 2.05) is 19.9 Å². The van der Waals surface area contributed by atoms with Gasteiger partial charge in [-0.3, -0.25) is 0 Å². The predicted octanol–water partition coefficient (Wildman–Crippen LogP) is 6.59. The monoisotopic (exact) mass is 446 g/mol. The van der Waals surface area contributed by atoms with Gasteiger partial charge in [-0.2, -0.15) is 0 Å². The van der Waals surface area contributed by atoms with Crippen LogP contribution in [0.3, 0.4) is 0 Å². The lowest BCUT2D eigenvalue weighted by molar-refractivity contribution is 0.0321. The van der Waals surface area contributed by atoms with Crippen LogP contribution in [0.5, 0.6) is 0 Å². The van der Waals surface area contributed by atoms with Crippen LogP contribution in [0.2, 0.25) is 0 Å². The van der Waals surface area contributed by atoms with E-state index in [1.165, 1.54) is 25.7 Å². The third-order valence-corrected chi connectivity index (χ3v) is 9.11. The summed E-state index contributed by atoms with van der Waals surface area (Å²) in [7, 11) is 0. The molecular weight excluding hydrogens is 396 g/mol. The summed E-state index contributed by atoms with van der Waals surface area (Å²) in [6, 6.07) is 0. The molecule has 0 saturated heterocycles. The molecule has 3 heteroatoms. The third-order valence-electron chi connectivity index (χ3n) is 9.11. The van der Waals surface area contributed by atoms with E-state index in [4.69, 9.17) is 0 Å². The second-order valence-corrected chi connectivity index (χ2v) is 12.4. The highest BCUT2D eigenvalue weighted by atomic mass is 16.3. The van der Waals surface area contributed by atoms with Gasteiger partial charge >= 0.3 is 0 Å². The summed E-state index contributed by atoms with van der Waals surface area (Å²) in [5.41, 5.74) is 1.67. The fraction of sp³-hybridized carbons (Fsp3) is 0.793. The van der Waals surface area contributed by atoms with Gasteiger partial charge in [0.1, 0.15) is 0 Å². The summed E-state index contributed by atoms with van der Waals surface area (Å²) < 4.78 is 0. The molecule has 0 aromatic carbocycles. The Labute approximate surface area is 197 Å². The molecule has 184 valence electrons. The van der Waals surface area contributed by atoms with E-state index >= 15 is 0 Å². The lowest BCUT2D eigenvalue weighted by Crippen LogP contribution is -2.39. The molecule has 2 aliphatic carbocycles. The first-order valence-corrected chi connectivity index (χ1v) is 12.8. The smallest absolute Gasteiger partial charge is 0.0811 e. The normalized spacial score (nSPS) is 34.4. The van der Waals surface area contributed by atoms with Crippen LogP contribution in [-0.4, -0.2) is 33.1 Å². The second kappa shape index (κ2) is 10.6. The molecule has 2 saturated carbocycles. The Morgan fingerprint density at radius 3 is 2.47 bits per heavy atom. The summed E-state index contributed by atoms with van der Waals surface area (Å²) in [4.78, 5) is 0. The number of hydrogen-bond donors (Lipinski definition) is 3. The minimum atomic E-state index is -0.629. The SMILES string of the molecule is C=C1/C(=C\C=C\[C@@H]2CC[C@](C)([C@H](C)CC(C)CCCC(C)(C)O)C2(C)C)C[C@@H](O)C[C@@H]1O. The van der Waals surface area contributed by atoms with Gasteiger partial charge in [0.2, 0.25) is 0 Å². The van der Waals surface area contributed by atoms with Gasteiger partial charge in [0.25, 0.3) is 0 Å². The summed E-state index contributed by atoms with van der Waals surface area (Å²) in [6.45, 7) is 20.0. The highest BCUT2D eigenvalue weighted by Crippen LogP contribution is 2.61. The molecule has 0 aliphatic heterocycles. The number of allylic oxidation sites excluding steroid dienone is 3. The van der Waals surface area contributed by atoms with Crippen molar-refractivity contribution in [1.29, 1.82) is 0 Å². The van der Waals surface area contributed by atoms with Gasteiger partial charge in [0, 0.05) is 6.42 Å². The summed E-state index contributed by atoms with van der Waals surface area (Å²) >= 11 is 0. The van der Waals surface area contributed by atoms with E-state index in [2.05, 4.69) is 53.3 Å². The second-order valence-electron chi connectivity index (χ2n) is 12.4. The molecule has 1 unspecified atom stereocenters. The van der Waals surface area contributed by atoms with Gasteiger partial charge in [-0.05, 0) is 85.7 Å². The van der Waals surface area contributed by atoms with Crippen molar-refractivity contribution in [1.82, 2.24) is 0 Å². The Bertz CT molecular complexity index is 696. The first-order chi connectivity index (χ1) is 14.7. The molecule has 0 aromatic heterocycles. The molecule has 0 amide bonds. The van der Waals surface area contributed by atoms with Crippen LogP contribution >= 0.6 is 0 Å². The van der Waals surface area contributed by atoms with Crippen molar-refractivity contribution < 1.29 is 15.3 Å². The number of aliphatic hydroxyl groups is 3. The zero-order valence-corrected chi connectivity index (χ0v) is 21.8. The Morgan fingerprint density at radius 2 is 1.84 bits per heavy atom. The zero-order valence-electron chi connectivity index (χ0n) is 21.8. The summed E-state index contributed by atoms with van der Waals surface area (Å²) in [6.07, 6.45) is 13.2. The average molecular weight is 447 g/mol. The number of rotatable bonds is 9. The molecule has 3 N–H and O–H groups in total. The minimum absolute atomic E-state index is 0.205. The molecule has 2 rings (SSSR count). The van der Waals surface area contributed by atoms with E-state index in [0.717, 1.165) is 24.0 Å². The Kier molecular flexibility index (Phi) is 9.03. The summed E-state index contributed by atoms with van der Waals surface area (Å²) in [5, 5.41) is 30.0. The van der Waals surface area contributed by atoms with Crippen LogP contribution in [0.25, 0.3) is 0 Å². The highest BCUT2D eigenvalue weighted by Gasteiger charge is 2.52. The maximum absolute atomic E-state index is 10.1. The van der Waals surface area contributed by atoms with E-state index < -0.39 is 17.8 Å². The van der Waals surface area contributed by atoms with Crippen molar-refractivity contribution in [3.63, 3.8) is 0 Å². The quantitative estimate of drug-likeness (QED) is 0.374. The van der Waals surface area contributed by atoms with Crippen LogP contribution in [0.15, 0.2) is 36.0 Å². The molecule has 32 heavy (non-hydrogen) atoms. The maximum atomic E-state index is 10.1. The molecule has 0 spiro atoms. The van der Waals surface area contributed by atoms with Crippen molar-refractivity contribution in [2.75, 3.05) is 0 Å².